The molecular weight excluding hydrogens is 397 g/mol. The summed E-state index contributed by atoms with van der Waals surface area (Å²) in [6.07, 6.45) is 3.41. The predicted molar refractivity (Wildman–Crippen MR) is 105 cm³/mol. The van der Waals surface area contributed by atoms with Gasteiger partial charge >= 0.3 is 5.97 Å². The number of allylic oxidation sites excluding steroid dienone is 1. The van der Waals surface area contributed by atoms with Gasteiger partial charge in [0.2, 0.25) is 5.91 Å². The molecule has 3 heterocycles. The zero-order valence-corrected chi connectivity index (χ0v) is 16.0. The fourth-order valence-electron chi connectivity index (χ4n) is 3.57. The van der Waals surface area contributed by atoms with Gasteiger partial charge in [0.1, 0.15) is 17.1 Å². The van der Waals surface area contributed by atoms with Crippen LogP contribution in [-0.2, 0) is 11.8 Å². The van der Waals surface area contributed by atoms with Gasteiger partial charge < -0.3 is 15.5 Å². The lowest BCUT2D eigenvalue weighted by atomic mass is 9.80. The van der Waals surface area contributed by atoms with Gasteiger partial charge in [-0.25, -0.2) is 9.18 Å². The molecule has 1 aromatic carbocycles. The van der Waals surface area contributed by atoms with Crippen LogP contribution in [0.4, 0.5) is 4.39 Å². The zero-order valence-electron chi connectivity index (χ0n) is 15.2. The van der Waals surface area contributed by atoms with E-state index in [2.05, 4.69) is 10.4 Å². The molecule has 0 saturated heterocycles. The average Bonchev–Trinajstić information content (AvgIpc) is 3.31. The number of carbonyl (C=O) groups is 2. The Bertz CT molecular complexity index is 1130. The minimum Gasteiger partial charge on any atom is -0.507 e. The van der Waals surface area contributed by atoms with Gasteiger partial charge in [-0.15, -0.1) is 0 Å². The van der Waals surface area contributed by atoms with Gasteiger partial charge in [0.05, 0.1) is 11.9 Å². The monoisotopic (exact) mass is 413 g/mol. The quantitative estimate of drug-likeness (QED) is 0.609. The van der Waals surface area contributed by atoms with Gasteiger partial charge in [-0.3, -0.25) is 9.48 Å². The van der Waals surface area contributed by atoms with E-state index in [1.807, 2.05) is 16.8 Å². The summed E-state index contributed by atoms with van der Waals surface area (Å²) in [6.45, 7) is 0. The molecule has 0 spiro atoms. The number of halogens is 1. The number of nitrogens with one attached hydrogen (secondary N) is 1. The molecule has 7 nitrogen and oxygen atoms in total. The Morgan fingerprint density at radius 3 is 2.76 bits per heavy atom. The third-order valence-electron chi connectivity index (χ3n) is 4.81. The molecule has 29 heavy (non-hydrogen) atoms. The van der Waals surface area contributed by atoms with Gasteiger partial charge in [0, 0.05) is 31.1 Å². The van der Waals surface area contributed by atoms with Crippen molar-refractivity contribution in [3.63, 3.8) is 0 Å². The Morgan fingerprint density at radius 2 is 2.17 bits per heavy atom. The van der Waals surface area contributed by atoms with Crippen molar-refractivity contribution in [2.24, 2.45) is 7.05 Å². The van der Waals surface area contributed by atoms with E-state index < -0.39 is 29.0 Å². The minimum absolute atomic E-state index is 0.0280. The number of nitrogens with zero attached hydrogens (tertiary/aromatic N) is 2. The van der Waals surface area contributed by atoms with Gasteiger partial charge in [-0.2, -0.15) is 16.4 Å². The van der Waals surface area contributed by atoms with Crippen LogP contribution in [0.25, 0.3) is 11.3 Å². The molecule has 0 aliphatic carbocycles. The topological polar surface area (TPSA) is 104 Å². The molecule has 4 rings (SSSR count). The van der Waals surface area contributed by atoms with Crippen molar-refractivity contribution in [1.82, 2.24) is 15.1 Å². The second-order valence-electron chi connectivity index (χ2n) is 6.71. The van der Waals surface area contributed by atoms with Crippen LogP contribution in [0.5, 0.6) is 5.75 Å². The van der Waals surface area contributed by atoms with E-state index in [9.17, 15) is 19.1 Å². The largest absolute Gasteiger partial charge is 0.507 e. The average molecular weight is 413 g/mol. The van der Waals surface area contributed by atoms with Crippen LogP contribution in [0.15, 0.2) is 41.4 Å². The molecular formula is C20H16FN3O4S. The summed E-state index contributed by atoms with van der Waals surface area (Å²) in [5.74, 6) is -4.12. The number of aromatic carboxylic acids is 1. The van der Waals surface area contributed by atoms with Crippen molar-refractivity contribution in [1.29, 1.82) is 0 Å². The first-order chi connectivity index (χ1) is 13.8. The van der Waals surface area contributed by atoms with Crippen LogP contribution in [0.3, 0.4) is 0 Å². The summed E-state index contributed by atoms with van der Waals surface area (Å²) in [6, 6.07) is 4.17. The number of rotatable bonds is 4. The first kappa shape index (κ1) is 18.9. The van der Waals surface area contributed by atoms with E-state index in [0.29, 0.717) is 16.8 Å². The number of amides is 1. The van der Waals surface area contributed by atoms with E-state index in [4.69, 9.17) is 5.11 Å². The summed E-state index contributed by atoms with van der Waals surface area (Å²) in [5.41, 5.74) is 2.38. The lowest BCUT2D eigenvalue weighted by Crippen LogP contribution is -2.30. The SMILES string of the molecule is Cn1cc(C2=C(c3ccsc3)C(c3cc(O)c(C(=O)O)c(F)c3)CC(=O)N2)cn1. The summed E-state index contributed by atoms with van der Waals surface area (Å²) in [7, 11) is 1.76. The lowest BCUT2D eigenvalue weighted by molar-refractivity contribution is -0.120. The van der Waals surface area contributed by atoms with E-state index >= 15 is 0 Å². The van der Waals surface area contributed by atoms with Crippen molar-refractivity contribution < 1.29 is 24.2 Å². The van der Waals surface area contributed by atoms with E-state index in [-0.39, 0.29) is 12.3 Å². The van der Waals surface area contributed by atoms with Crippen LogP contribution in [0.2, 0.25) is 0 Å². The number of thiophene rings is 1. The Hall–Kier alpha value is -3.46. The molecule has 2 aromatic heterocycles. The van der Waals surface area contributed by atoms with E-state index in [1.165, 1.54) is 17.4 Å². The Balaban J connectivity index is 1.94. The summed E-state index contributed by atoms with van der Waals surface area (Å²) < 4.78 is 16.0. The maximum absolute atomic E-state index is 14.4. The molecule has 148 valence electrons. The number of aryl methyl sites for hydroxylation is 1. The number of hydrogen-bond donors (Lipinski definition) is 3. The number of carboxylic acid groups (broad SMARTS) is 1. The molecule has 1 unspecified atom stereocenters. The van der Waals surface area contributed by atoms with Crippen LogP contribution in [0.1, 0.15) is 39.4 Å². The van der Waals surface area contributed by atoms with Crippen LogP contribution in [-0.4, -0.2) is 31.9 Å². The molecule has 0 saturated carbocycles. The highest BCUT2D eigenvalue weighted by Gasteiger charge is 2.33. The number of phenols is 1. The fourth-order valence-corrected chi connectivity index (χ4v) is 4.23. The molecule has 3 aromatic rings. The van der Waals surface area contributed by atoms with Crippen molar-refractivity contribution in [3.05, 3.63) is 69.4 Å². The summed E-state index contributed by atoms with van der Waals surface area (Å²) in [5, 5.41) is 30.0. The van der Waals surface area contributed by atoms with Gasteiger partial charge in [-0.05, 0) is 45.7 Å². The number of benzene rings is 1. The molecule has 1 amide bonds. The summed E-state index contributed by atoms with van der Waals surface area (Å²) in [4.78, 5) is 23.7. The molecule has 1 aliphatic heterocycles. The highest BCUT2D eigenvalue weighted by Crippen LogP contribution is 2.44. The Labute approximate surface area is 168 Å². The standard InChI is InChI=1S/C20H16FN3O4S/c1-24-8-12(7-22-24)19-17(10-2-3-29-9-10)13(6-16(26)23-19)11-4-14(21)18(20(27)28)15(25)5-11/h2-5,7-9,13,25H,6H2,1H3,(H,23,26)(H,27,28). The van der Waals surface area contributed by atoms with E-state index in [0.717, 1.165) is 17.2 Å². The number of carboxylic acids is 1. The third kappa shape index (κ3) is 3.40. The molecule has 9 heteroatoms. The third-order valence-corrected chi connectivity index (χ3v) is 5.49. The second-order valence-corrected chi connectivity index (χ2v) is 7.49. The number of carbonyl (C=O) groups excluding carboxylic acids is 1. The normalized spacial score (nSPS) is 16.8. The van der Waals surface area contributed by atoms with Crippen LogP contribution < -0.4 is 5.32 Å². The zero-order chi connectivity index (χ0) is 20.7. The van der Waals surface area contributed by atoms with Crippen molar-refractivity contribution in [2.75, 3.05) is 0 Å². The first-order valence-electron chi connectivity index (χ1n) is 8.66. The minimum atomic E-state index is -1.56. The van der Waals surface area contributed by atoms with Crippen molar-refractivity contribution in [2.45, 2.75) is 12.3 Å². The molecule has 0 fully saturated rings. The van der Waals surface area contributed by atoms with Crippen LogP contribution >= 0.6 is 11.3 Å². The van der Waals surface area contributed by atoms with Crippen molar-refractivity contribution in [3.8, 4) is 5.75 Å². The second kappa shape index (κ2) is 7.17. The first-order valence-corrected chi connectivity index (χ1v) is 9.60. The smallest absolute Gasteiger partial charge is 0.342 e. The molecule has 0 bridgehead atoms. The Kier molecular flexibility index (Phi) is 4.67. The number of hydrogen-bond acceptors (Lipinski definition) is 5. The lowest BCUT2D eigenvalue weighted by Gasteiger charge is -2.29. The van der Waals surface area contributed by atoms with E-state index in [1.54, 1.807) is 24.1 Å². The maximum atomic E-state index is 14.4. The highest BCUT2D eigenvalue weighted by atomic mass is 32.1. The van der Waals surface area contributed by atoms with Gasteiger partial charge in [0.15, 0.2) is 0 Å². The maximum Gasteiger partial charge on any atom is 0.342 e. The predicted octanol–water partition coefficient (Wildman–Crippen LogP) is 3.20. The molecule has 1 aliphatic rings. The molecule has 0 radical (unpaired) electrons. The number of aromatic nitrogens is 2. The van der Waals surface area contributed by atoms with Gasteiger partial charge in [0.25, 0.3) is 0 Å². The molecule has 1 atom stereocenters. The summed E-state index contributed by atoms with van der Waals surface area (Å²) >= 11 is 1.48. The van der Waals surface area contributed by atoms with Gasteiger partial charge in [-0.1, -0.05) is 0 Å². The molecule has 3 N–H and O–H groups in total. The highest BCUT2D eigenvalue weighted by molar-refractivity contribution is 7.08. The van der Waals surface area contributed by atoms with Crippen LogP contribution in [0, 0.1) is 5.82 Å². The Morgan fingerprint density at radius 1 is 1.38 bits per heavy atom. The van der Waals surface area contributed by atoms with Crippen molar-refractivity contribution >= 4 is 34.5 Å². The fraction of sp³-hybridized carbons (Fsp3) is 0.150. The number of aromatic hydroxyl groups is 1.